The zero-order valence-corrected chi connectivity index (χ0v) is 14.6. The second-order valence-corrected chi connectivity index (χ2v) is 7.02. The number of carbonyl (C=O) groups excluding carboxylic acids is 2. The smallest absolute Gasteiger partial charge is 0.231 e. The molecule has 1 N–H and O–H groups in total. The van der Waals surface area contributed by atoms with E-state index >= 15 is 0 Å². The molecule has 2 heterocycles. The van der Waals surface area contributed by atoms with Crippen LogP contribution >= 0.6 is 11.3 Å². The lowest BCUT2D eigenvalue weighted by atomic mass is 10.1. The quantitative estimate of drug-likeness (QED) is 0.924. The molecular weight excluding hydrogens is 326 g/mol. The molecule has 1 aliphatic heterocycles. The topological polar surface area (TPSA) is 71.5 Å². The normalized spacial score (nSPS) is 17.2. The molecule has 6 nitrogen and oxygen atoms in total. The van der Waals surface area contributed by atoms with Crippen molar-refractivity contribution < 1.29 is 14.3 Å². The second kappa shape index (κ2) is 6.60. The predicted molar refractivity (Wildman–Crippen MR) is 93.2 cm³/mol. The lowest BCUT2D eigenvalue weighted by molar-refractivity contribution is -0.127. The van der Waals surface area contributed by atoms with Crippen molar-refractivity contribution in [3.05, 3.63) is 29.1 Å². The van der Waals surface area contributed by atoms with E-state index in [4.69, 9.17) is 4.74 Å². The fraction of sp³-hybridized carbons (Fsp3) is 0.353. The van der Waals surface area contributed by atoms with E-state index in [1.807, 2.05) is 31.2 Å². The first-order valence-electron chi connectivity index (χ1n) is 7.64. The van der Waals surface area contributed by atoms with Gasteiger partial charge in [-0.05, 0) is 31.2 Å². The number of likely N-dealkylation sites (tertiary alicyclic amines) is 1. The minimum Gasteiger partial charge on any atom is -0.497 e. The molecule has 1 aromatic carbocycles. The minimum absolute atomic E-state index is 0.00407. The van der Waals surface area contributed by atoms with Crippen molar-refractivity contribution >= 4 is 28.3 Å². The van der Waals surface area contributed by atoms with Gasteiger partial charge in [-0.2, -0.15) is 0 Å². The van der Waals surface area contributed by atoms with Gasteiger partial charge in [0.15, 0.2) is 5.13 Å². The first-order valence-corrected chi connectivity index (χ1v) is 8.46. The molecule has 3 rings (SSSR count). The molecule has 0 aliphatic carbocycles. The van der Waals surface area contributed by atoms with Crippen LogP contribution in [-0.2, 0) is 9.59 Å². The number of aromatic nitrogens is 1. The van der Waals surface area contributed by atoms with Crippen LogP contribution in [0.25, 0.3) is 11.3 Å². The molecule has 126 valence electrons. The molecule has 1 atom stereocenters. The molecule has 0 radical (unpaired) electrons. The van der Waals surface area contributed by atoms with E-state index in [0.717, 1.165) is 21.9 Å². The summed E-state index contributed by atoms with van der Waals surface area (Å²) in [5.74, 6) is 0.332. The van der Waals surface area contributed by atoms with Crippen molar-refractivity contribution in [3.63, 3.8) is 0 Å². The minimum atomic E-state index is -0.309. The summed E-state index contributed by atoms with van der Waals surface area (Å²) >= 11 is 1.44. The number of rotatable bonds is 4. The average Bonchev–Trinajstić information content (AvgIpc) is 3.10. The van der Waals surface area contributed by atoms with Gasteiger partial charge in [-0.15, -0.1) is 11.3 Å². The van der Waals surface area contributed by atoms with Gasteiger partial charge in [0.1, 0.15) is 5.75 Å². The molecule has 24 heavy (non-hydrogen) atoms. The zero-order chi connectivity index (χ0) is 17.3. The number of methoxy groups -OCH3 is 1. The summed E-state index contributed by atoms with van der Waals surface area (Å²) in [6, 6.07) is 7.65. The van der Waals surface area contributed by atoms with Gasteiger partial charge in [0.25, 0.3) is 0 Å². The Morgan fingerprint density at radius 1 is 1.38 bits per heavy atom. The largest absolute Gasteiger partial charge is 0.497 e. The Balaban J connectivity index is 1.74. The lowest BCUT2D eigenvalue weighted by Crippen LogP contribution is -2.25. The Labute approximate surface area is 144 Å². The number of nitrogens with zero attached hydrogens (tertiary/aromatic N) is 2. The van der Waals surface area contributed by atoms with Crippen molar-refractivity contribution in [2.24, 2.45) is 5.92 Å². The molecule has 0 saturated carbocycles. The van der Waals surface area contributed by atoms with Crippen LogP contribution in [0.2, 0.25) is 0 Å². The van der Waals surface area contributed by atoms with Gasteiger partial charge in [-0.25, -0.2) is 4.98 Å². The number of ether oxygens (including phenoxy) is 1. The molecule has 1 aromatic heterocycles. The molecule has 2 amide bonds. The summed E-state index contributed by atoms with van der Waals surface area (Å²) in [5, 5.41) is 3.40. The van der Waals surface area contributed by atoms with Crippen molar-refractivity contribution in [1.29, 1.82) is 0 Å². The van der Waals surface area contributed by atoms with Crippen LogP contribution in [0.3, 0.4) is 0 Å². The Kier molecular flexibility index (Phi) is 4.53. The maximum absolute atomic E-state index is 12.3. The van der Waals surface area contributed by atoms with Gasteiger partial charge < -0.3 is 15.0 Å². The molecule has 7 heteroatoms. The van der Waals surface area contributed by atoms with Crippen molar-refractivity contribution in [2.75, 3.05) is 26.0 Å². The molecule has 0 spiro atoms. The molecule has 1 aliphatic rings. The van der Waals surface area contributed by atoms with Crippen molar-refractivity contribution in [1.82, 2.24) is 9.88 Å². The first kappa shape index (κ1) is 16.4. The number of thiazole rings is 1. The number of anilines is 1. The number of benzene rings is 1. The molecule has 2 aromatic rings. The van der Waals surface area contributed by atoms with Crippen LogP contribution in [0.5, 0.6) is 5.75 Å². The monoisotopic (exact) mass is 345 g/mol. The third kappa shape index (κ3) is 3.26. The zero-order valence-electron chi connectivity index (χ0n) is 13.8. The Morgan fingerprint density at radius 2 is 2.08 bits per heavy atom. The number of hydrogen-bond acceptors (Lipinski definition) is 5. The highest BCUT2D eigenvalue weighted by atomic mass is 32.1. The number of amides is 2. The van der Waals surface area contributed by atoms with E-state index in [0.29, 0.717) is 11.7 Å². The Hall–Kier alpha value is -2.41. The van der Waals surface area contributed by atoms with E-state index < -0.39 is 0 Å². The van der Waals surface area contributed by atoms with Crippen LogP contribution in [0.4, 0.5) is 5.13 Å². The third-order valence-electron chi connectivity index (χ3n) is 4.10. The van der Waals surface area contributed by atoms with Crippen LogP contribution < -0.4 is 10.1 Å². The number of nitrogens with one attached hydrogen (secondary N) is 1. The van der Waals surface area contributed by atoms with Crippen LogP contribution in [0.1, 0.15) is 11.3 Å². The SMILES string of the molecule is COc1ccc(-c2nc(NC(=O)C3CC(=O)N(C)C3)sc2C)cc1. The summed E-state index contributed by atoms with van der Waals surface area (Å²) in [6.45, 7) is 2.43. The highest BCUT2D eigenvalue weighted by Crippen LogP contribution is 2.31. The molecule has 1 fully saturated rings. The van der Waals surface area contributed by atoms with Gasteiger partial charge in [0.2, 0.25) is 11.8 Å². The Bertz CT molecular complexity index is 770. The van der Waals surface area contributed by atoms with Gasteiger partial charge in [-0.1, -0.05) is 0 Å². The van der Waals surface area contributed by atoms with E-state index in [9.17, 15) is 9.59 Å². The van der Waals surface area contributed by atoms with Crippen molar-refractivity contribution in [2.45, 2.75) is 13.3 Å². The van der Waals surface area contributed by atoms with Gasteiger partial charge in [0, 0.05) is 30.5 Å². The van der Waals surface area contributed by atoms with Crippen LogP contribution in [-0.4, -0.2) is 42.4 Å². The molecule has 1 saturated heterocycles. The maximum Gasteiger partial charge on any atom is 0.231 e. The number of carbonyl (C=O) groups is 2. The molecule has 0 bridgehead atoms. The fourth-order valence-electron chi connectivity index (χ4n) is 2.71. The Morgan fingerprint density at radius 3 is 2.67 bits per heavy atom. The van der Waals surface area contributed by atoms with Gasteiger partial charge >= 0.3 is 0 Å². The summed E-state index contributed by atoms with van der Waals surface area (Å²) in [6.07, 6.45) is 0.262. The number of hydrogen-bond donors (Lipinski definition) is 1. The average molecular weight is 345 g/mol. The van der Waals surface area contributed by atoms with E-state index in [1.165, 1.54) is 11.3 Å². The number of aryl methyl sites for hydroxylation is 1. The summed E-state index contributed by atoms with van der Waals surface area (Å²) in [7, 11) is 3.34. The standard InChI is InChI=1S/C17H19N3O3S/c1-10-15(11-4-6-13(23-3)7-5-11)18-17(24-10)19-16(22)12-8-14(21)20(2)9-12/h4-7,12H,8-9H2,1-3H3,(H,18,19,22). The highest BCUT2D eigenvalue weighted by Gasteiger charge is 2.32. The van der Waals surface area contributed by atoms with Crippen molar-refractivity contribution in [3.8, 4) is 17.0 Å². The lowest BCUT2D eigenvalue weighted by Gasteiger charge is -2.09. The van der Waals surface area contributed by atoms with E-state index in [2.05, 4.69) is 10.3 Å². The summed E-state index contributed by atoms with van der Waals surface area (Å²) in [5.41, 5.74) is 1.82. The first-order chi connectivity index (χ1) is 11.5. The van der Waals surface area contributed by atoms with Crippen LogP contribution in [0, 0.1) is 12.8 Å². The van der Waals surface area contributed by atoms with Gasteiger partial charge in [0.05, 0.1) is 18.7 Å². The summed E-state index contributed by atoms with van der Waals surface area (Å²) in [4.78, 5) is 31.0. The third-order valence-corrected chi connectivity index (χ3v) is 4.99. The highest BCUT2D eigenvalue weighted by molar-refractivity contribution is 7.16. The molecule has 1 unspecified atom stereocenters. The summed E-state index contributed by atoms with van der Waals surface area (Å²) < 4.78 is 5.16. The maximum atomic E-state index is 12.3. The predicted octanol–water partition coefficient (Wildman–Crippen LogP) is 2.54. The van der Waals surface area contributed by atoms with E-state index in [-0.39, 0.29) is 24.2 Å². The molecular formula is C17H19N3O3S. The second-order valence-electron chi connectivity index (χ2n) is 5.82. The van der Waals surface area contributed by atoms with Gasteiger partial charge in [-0.3, -0.25) is 9.59 Å². The van der Waals surface area contributed by atoms with E-state index in [1.54, 1.807) is 19.1 Å². The van der Waals surface area contributed by atoms with Crippen LogP contribution in [0.15, 0.2) is 24.3 Å². The fourth-order valence-corrected chi connectivity index (χ4v) is 3.55.